The van der Waals surface area contributed by atoms with Crippen LogP contribution in [-0.2, 0) is 18.3 Å². The molecule has 2 aliphatic carbocycles. The van der Waals surface area contributed by atoms with Crippen LogP contribution in [-0.4, -0.2) is 45.8 Å². The summed E-state index contributed by atoms with van der Waals surface area (Å²) in [5.74, 6) is 1.91. The van der Waals surface area contributed by atoms with Gasteiger partial charge in [0.05, 0.1) is 11.0 Å². The maximum atomic E-state index is 9.91. The maximum Gasteiger partial charge on any atom is 0.217 e. The molecule has 8 nitrogen and oxygen atoms in total. The molecule has 3 aliphatic rings. The van der Waals surface area contributed by atoms with Crippen molar-refractivity contribution >= 4 is 5.69 Å². The van der Waals surface area contributed by atoms with Gasteiger partial charge in [0.1, 0.15) is 12.2 Å². The lowest BCUT2D eigenvalue weighted by molar-refractivity contribution is 0.117. The van der Waals surface area contributed by atoms with E-state index in [0.29, 0.717) is 34.7 Å². The number of aromatic nitrogens is 3. The fraction of sp³-hybridized carbons (Fsp3) is 0.481. The number of likely N-dealkylation sites (tertiary alicyclic amines) is 1. The Morgan fingerprint density at radius 2 is 2.14 bits per heavy atom. The van der Waals surface area contributed by atoms with Crippen molar-refractivity contribution in [2.75, 3.05) is 19.3 Å². The van der Waals surface area contributed by atoms with E-state index in [1.54, 1.807) is 12.3 Å². The van der Waals surface area contributed by atoms with Gasteiger partial charge in [-0.15, -0.1) is 0 Å². The highest BCUT2D eigenvalue weighted by Gasteiger charge is 2.49. The monoisotopic (exact) mass is 470 g/mol. The minimum Gasteiger partial charge on any atom is -0.473 e. The van der Waals surface area contributed by atoms with E-state index >= 15 is 0 Å². The molecule has 3 aromatic rings. The van der Waals surface area contributed by atoms with Crippen molar-refractivity contribution in [2.24, 2.45) is 0 Å². The van der Waals surface area contributed by atoms with Crippen molar-refractivity contribution in [1.29, 1.82) is 5.26 Å². The van der Waals surface area contributed by atoms with E-state index in [-0.39, 0.29) is 11.5 Å². The smallest absolute Gasteiger partial charge is 0.217 e. The lowest BCUT2D eigenvalue weighted by Gasteiger charge is -2.33. The number of hydrogen-bond donors (Lipinski definition) is 1. The summed E-state index contributed by atoms with van der Waals surface area (Å²) in [5, 5.41) is 14.4. The molecule has 2 aromatic heterocycles. The third-order valence-corrected chi connectivity index (χ3v) is 8.26. The Hall–Kier alpha value is -3.44. The predicted octanol–water partition coefficient (Wildman–Crippen LogP) is 4.02. The molecule has 3 heterocycles. The number of likely N-dealkylation sites (N-methyl/N-ethyl adjacent to an activating group) is 1. The molecule has 6 rings (SSSR count). The quantitative estimate of drug-likeness (QED) is 0.569. The Labute approximate surface area is 205 Å². The first kappa shape index (κ1) is 22.1. The van der Waals surface area contributed by atoms with Gasteiger partial charge in [0.15, 0.2) is 17.3 Å². The van der Waals surface area contributed by atoms with Crippen molar-refractivity contribution in [3.63, 3.8) is 0 Å². The molecule has 1 fully saturated rings. The van der Waals surface area contributed by atoms with Crippen molar-refractivity contribution in [1.82, 2.24) is 20.0 Å². The Morgan fingerprint density at radius 1 is 1.26 bits per heavy atom. The van der Waals surface area contributed by atoms with Gasteiger partial charge in [-0.3, -0.25) is 4.90 Å². The van der Waals surface area contributed by atoms with Crippen molar-refractivity contribution in [3.05, 3.63) is 52.4 Å². The van der Waals surface area contributed by atoms with Gasteiger partial charge >= 0.3 is 0 Å². The van der Waals surface area contributed by atoms with Gasteiger partial charge in [-0.25, -0.2) is 4.98 Å². The number of anilines is 1. The summed E-state index contributed by atoms with van der Waals surface area (Å²) in [4.78, 5) is 11.6. The van der Waals surface area contributed by atoms with Crippen molar-refractivity contribution in [3.8, 4) is 23.5 Å². The lowest BCUT2D eigenvalue weighted by Crippen LogP contribution is -2.38. The summed E-state index contributed by atoms with van der Waals surface area (Å²) in [7, 11) is 2.15. The number of ether oxygens (including phenoxy) is 1. The zero-order valence-electron chi connectivity index (χ0n) is 20.3. The number of nitrogens with two attached hydrogens (primary N) is 1. The van der Waals surface area contributed by atoms with Gasteiger partial charge in [-0.1, -0.05) is 11.2 Å². The normalized spacial score (nSPS) is 24.2. The molecule has 8 heteroatoms. The van der Waals surface area contributed by atoms with Crippen LogP contribution in [0.15, 0.2) is 28.9 Å². The molecule has 1 aromatic carbocycles. The van der Waals surface area contributed by atoms with Crippen LogP contribution in [0, 0.1) is 11.3 Å². The summed E-state index contributed by atoms with van der Waals surface area (Å²) >= 11 is 0. The highest BCUT2D eigenvalue weighted by molar-refractivity contribution is 5.68. The van der Waals surface area contributed by atoms with E-state index in [9.17, 15) is 5.26 Å². The number of benzene rings is 1. The SMILES string of the molecule is C[C@H](Oc1ccnc(-c2noc3c2CCC[C@@]32CCc3ccc(N)c(C#N)c32)n1)[C@@H]1CCCN1C. The standard InChI is InChI=1S/C27H30N6O2/c1-16(21-6-4-14-33(21)2)34-22-10-13-30-26(31-22)24-18-5-3-11-27(25(18)35-32-24)12-9-17-7-8-20(29)19(15-28)23(17)27/h7-8,10,13,16,21H,3-6,9,11-12,14,29H2,1-2H3/t16-,21-,27-/m0/s1. The van der Waals surface area contributed by atoms with Gasteiger partial charge < -0.3 is 15.0 Å². The Balaban J connectivity index is 1.36. The average Bonchev–Trinajstić information content (AvgIpc) is 3.58. The molecule has 3 atom stereocenters. The van der Waals surface area contributed by atoms with Crippen molar-refractivity contribution < 1.29 is 9.26 Å². The first-order valence-electron chi connectivity index (χ1n) is 12.5. The second-order valence-electron chi connectivity index (χ2n) is 10.2. The van der Waals surface area contributed by atoms with E-state index in [4.69, 9.17) is 20.0 Å². The molecule has 0 saturated carbocycles. The zero-order chi connectivity index (χ0) is 24.2. The second kappa shape index (κ2) is 8.35. The third kappa shape index (κ3) is 3.41. The summed E-state index contributed by atoms with van der Waals surface area (Å²) in [6.45, 7) is 3.20. The second-order valence-corrected chi connectivity index (χ2v) is 10.2. The summed E-state index contributed by atoms with van der Waals surface area (Å²) < 4.78 is 12.3. The molecule has 0 bridgehead atoms. The molecule has 0 unspecified atom stereocenters. The van der Waals surface area contributed by atoms with Crippen LogP contribution in [0.4, 0.5) is 5.69 Å². The fourth-order valence-electron chi connectivity index (χ4n) is 6.58. The number of aryl methyl sites for hydroxylation is 1. The maximum absolute atomic E-state index is 9.91. The largest absolute Gasteiger partial charge is 0.473 e. The molecule has 0 amide bonds. The summed E-state index contributed by atoms with van der Waals surface area (Å²) in [5.41, 5.74) is 10.9. The van der Waals surface area contributed by atoms with Gasteiger partial charge in [0.2, 0.25) is 5.88 Å². The minimum absolute atomic E-state index is 0.0320. The number of rotatable bonds is 4. The topological polar surface area (TPSA) is 114 Å². The Kier molecular flexibility index (Phi) is 5.26. The predicted molar refractivity (Wildman–Crippen MR) is 131 cm³/mol. The van der Waals surface area contributed by atoms with Gasteiger partial charge in [-0.05, 0) is 82.7 Å². The Morgan fingerprint density at radius 3 is 2.94 bits per heavy atom. The highest BCUT2D eigenvalue weighted by Crippen LogP contribution is 2.54. The molecule has 1 spiro atoms. The first-order chi connectivity index (χ1) is 17.0. The van der Waals surface area contributed by atoms with E-state index in [1.165, 1.54) is 12.0 Å². The Bertz CT molecular complexity index is 1330. The molecule has 1 aliphatic heterocycles. The average molecular weight is 471 g/mol. The van der Waals surface area contributed by atoms with Crippen LogP contribution in [0.25, 0.3) is 11.5 Å². The van der Waals surface area contributed by atoms with Crippen LogP contribution < -0.4 is 10.5 Å². The summed E-state index contributed by atoms with van der Waals surface area (Å²) in [6.07, 6.45) is 8.59. The molecule has 35 heavy (non-hydrogen) atoms. The van der Waals surface area contributed by atoms with Crippen LogP contribution in [0.2, 0.25) is 0 Å². The van der Waals surface area contributed by atoms with E-state index in [1.807, 2.05) is 6.07 Å². The van der Waals surface area contributed by atoms with Crippen LogP contribution in [0.1, 0.15) is 67.0 Å². The first-order valence-corrected chi connectivity index (χ1v) is 12.5. The van der Waals surface area contributed by atoms with Crippen molar-refractivity contribution in [2.45, 2.75) is 69.4 Å². The lowest BCUT2D eigenvalue weighted by atomic mass is 9.68. The van der Waals surface area contributed by atoms with E-state index in [2.05, 4.69) is 41.1 Å². The number of fused-ring (bicyclic) bond motifs is 4. The number of nitrogens with zero attached hydrogens (tertiary/aromatic N) is 5. The molecular formula is C27H30N6O2. The molecule has 180 valence electrons. The number of nitrogen functional groups attached to an aromatic ring is 1. The summed E-state index contributed by atoms with van der Waals surface area (Å²) in [6, 6.07) is 8.44. The zero-order valence-corrected chi connectivity index (χ0v) is 20.3. The third-order valence-electron chi connectivity index (χ3n) is 8.26. The van der Waals surface area contributed by atoms with E-state index in [0.717, 1.165) is 62.0 Å². The number of hydrogen-bond acceptors (Lipinski definition) is 8. The highest BCUT2D eigenvalue weighted by atomic mass is 16.5. The fourth-order valence-corrected chi connectivity index (χ4v) is 6.58. The molecule has 2 N–H and O–H groups in total. The van der Waals surface area contributed by atoms with Crippen LogP contribution in [0.5, 0.6) is 5.88 Å². The van der Waals surface area contributed by atoms with Gasteiger partial charge in [-0.2, -0.15) is 10.2 Å². The molecule has 1 saturated heterocycles. The van der Waals surface area contributed by atoms with E-state index < -0.39 is 0 Å². The van der Waals surface area contributed by atoms with Crippen LogP contribution in [0.3, 0.4) is 0 Å². The molecule has 0 radical (unpaired) electrons. The molecular weight excluding hydrogens is 440 g/mol. The minimum atomic E-state index is -0.371. The van der Waals surface area contributed by atoms with Crippen LogP contribution >= 0.6 is 0 Å². The van der Waals surface area contributed by atoms with Gasteiger partial charge in [0.25, 0.3) is 0 Å². The number of nitriles is 1. The van der Waals surface area contributed by atoms with Gasteiger partial charge in [0, 0.05) is 29.6 Å².